The summed E-state index contributed by atoms with van der Waals surface area (Å²) in [6.45, 7) is -0.196. The van der Waals surface area contributed by atoms with Gasteiger partial charge in [0.25, 0.3) is 10.0 Å². The highest BCUT2D eigenvalue weighted by molar-refractivity contribution is 7.92. The number of nitrogens with zero attached hydrogens (tertiary/aromatic N) is 2. The highest BCUT2D eigenvalue weighted by Gasteiger charge is 2.28. The van der Waals surface area contributed by atoms with E-state index in [4.69, 9.17) is 9.15 Å². The summed E-state index contributed by atoms with van der Waals surface area (Å²) >= 11 is 0. The van der Waals surface area contributed by atoms with Crippen molar-refractivity contribution in [1.29, 1.82) is 0 Å². The van der Waals surface area contributed by atoms with Crippen molar-refractivity contribution in [2.24, 2.45) is 0 Å². The lowest BCUT2D eigenvalue weighted by molar-refractivity contribution is 0.415. The van der Waals surface area contributed by atoms with Gasteiger partial charge in [0.15, 0.2) is 0 Å². The SMILES string of the molecule is COc1ccccc1N(Cc1coc(-c2cccc(F)c2)n1)S(=O)(=O)c1ccc(F)cc1. The molecule has 6 nitrogen and oxygen atoms in total. The van der Waals surface area contributed by atoms with Crippen LogP contribution in [0.2, 0.25) is 0 Å². The van der Waals surface area contributed by atoms with Crippen molar-refractivity contribution in [3.05, 3.63) is 96.4 Å². The molecule has 0 amide bonds. The zero-order valence-electron chi connectivity index (χ0n) is 16.9. The summed E-state index contributed by atoms with van der Waals surface area (Å²) in [6, 6.07) is 16.8. The van der Waals surface area contributed by atoms with E-state index in [0.29, 0.717) is 17.0 Å². The van der Waals surface area contributed by atoms with Crippen LogP contribution >= 0.6 is 0 Å². The van der Waals surface area contributed by atoms with Crippen molar-refractivity contribution < 1.29 is 26.4 Å². The van der Waals surface area contributed by atoms with E-state index in [2.05, 4.69) is 4.98 Å². The van der Waals surface area contributed by atoms with Crippen LogP contribution in [0.1, 0.15) is 5.69 Å². The van der Waals surface area contributed by atoms with E-state index in [1.807, 2.05) is 0 Å². The van der Waals surface area contributed by atoms with Gasteiger partial charge in [0.1, 0.15) is 29.3 Å². The van der Waals surface area contributed by atoms with Crippen molar-refractivity contribution >= 4 is 15.7 Å². The van der Waals surface area contributed by atoms with Gasteiger partial charge in [-0.25, -0.2) is 22.2 Å². The second-order valence-corrected chi connectivity index (χ2v) is 8.65. The minimum absolute atomic E-state index is 0.0985. The first-order valence-corrected chi connectivity index (χ1v) is 10.9. The molecule has 0 aliphatic carbocycles. The molecule has 0 atom stereocenters. The second-order valence-electron chi connectivity index (χ2n) is 6.79. The molecule has 0 aliphatic heterocycles. The summed E-state index contributed by atoms with van der Waals surface area (Å²) < 4.78 is 65.8. The summed E-state index contributed by atoms with van der Waals surface area (Å²) in [5.74, 6) is -0.522. The third-order valence-corrected chi connectivity index (χ3v) is 6.46. The number of oxazole rings is 1. The minimum Gasteiger partial charge on any atom is -0.495 e. The molecule has 3 aromatic carbocycles. The van der Waals surface area contributed by atoms with Gasteiger partial charge in [0.2, 0.25) is 5.89 Å². The Morgan fingerprint density at radius 1 is 0.969 bits per heavy atom. The number of hydrogen-bond donors (Lipinski definition) is 0. The standard InChI is InChI=1S/C23H18F2N2O4S/c1-30-22-8-3-2-7-21(22)27(32(28,29)20-11-9-17(24)10-12-20)14-19-15-31-23(26-19)16-5-4-6-18(25)13-16/h2-13,15H,14H2,1H3. The first kappa shape index (κ1) is 21.5. The Kier molecular flexibility index (Phi) is 5.91. The summed E-state index contributed by atoms with van der Waals surface area (Å²) in [7, 11) is -2.69. The predicted molar refractivity (Wildman–Crippen MR) is 115 cm³/mol. The van der Waals surface area contributed by atoms with Crippen LogP contribution in [0.4, 0.5) is 14.5 Å². The van der Waals surface area contributed by atoms with Gasteiger partial charge in [-0.05, 0) is 54.6 Å². The molecule has 1 heterocycles. The predicted octanol–water partition coefficient (Wildman–Crippen LogP) is 5.02. The van der Waals surface area contributed by atoms with Crippen LogP contribution in [-0.4, -0.2) is 20.5 Å². The maximum atomic E-state index is 13.5. The third-order valence-electron chi connectivity index (χ3n) is 4.68. The summed E-state index contributed by atoms with van der Waals surface area (Å²) in [5, 5.41) is 0. The van der Waals surface area contributed by atoms with Gasteiger partial charge in [-0.2, -0.15) is 0 Å². The first-order chi connectivity index (χ1) is 15.4. The van der Waals surface area contributed by atoms with Gasteiger partial charge in [-0.3, -0.25) is 4.31 Å². The number of ether oxygens (including phenoxy) is 1. The summed E-state index contributed by atoms with van der Waals surface area (Å²) in [5.41, 5.74) is 0.983. The van der Waals surface area contributed by atoms with Crippen LogP contribution in [-0.2, 0) is 16.6 Å². The van der Waals surface area contributed by atoms with E-state index in [9.17, 15) is 17.2 Å². The highest BCUT2D eigenvalue weighted by Crippen LogP contribution is 2.34. The van der Waals surface area contributed by atoms with Crippen LogP contribution < -0.4 is 9.04 Å². The van der Waals surface area contributed by atoms with Gasteiger partial charge in [-0.15, -0.1) is 0 Å². The second kappa shape index (κ2) is 8.80. The molecule has 32 heavy (non-hydrogen) atoms. The number of aromatic nitrogens is 1. The van der Waals surface area contributed by atoms with Crippen molar-refractivity contribution in [2.75, 3.05) is 11.4 Å². The van der Waals surface area contributed by atoms with E-state index >= 15 is 0 Å². The zero-order chi connectivity index (χ0) is 22.7. The molecule has 0 fully saturated rings. The van der Waals surface area contributed by atoms with Crippen LogP contribution in [0.25, 0.3) is 11.5 Å². The molecule has 1 aromatic heterocycles. The number of hydrogen-bond acceptors (Lipinski definition) is 5. The fourth-order valence-corrected chi connectivity index (χ4v) is 4.60. The maximum absolute atomic E-state index is 13.5. The van der Waals surface area contributed by atoms with Gasteiger partial charge >= 0.3 is 0 Å². The van der Waals surface area contributed by atoms with E-state index in [1.165, 1.54) is 43.7 Å². The molecule has 0 aliphatic rings. The number of para-hydroxylation sites is 2. The Labute approximate surface area is 183 Å². The number of benzene rings is 3. The Morgan fingerprint density at radius 3 is 2.44 bits per heavy atom. The average Bonchev–Trinajstić information content (AvgIpc) is 3.26. The van der Waals surface area contributed by atoms with E-state index < -0.39 is 21.7 Å². The highest BCUT2D eigenvalue weighted by atomic mass is 32.2. The Balaban J connectivity index is 1.76. The molecule has 0 spiro atoms. The molecular weight excluding hydrogens is 438 g/mol. The maximum Gasteiger partial charge on any atom is 0.264 e. The largest absolute Gasteiger partial charge is 0.495 e. The molecular formula is C23H18F2N2O4S. The topological polar surface area (TPSA) is 72.6 Å². The van der Waals surface area contributed by atoms with Gasteiger partial charge in [-0.1, -0.05) is 18.2 Å². The Morgan fingerprint density at radius 2 is 1.72 bits per heavy atom. The van der Waals surface area contributed by atoms with Crippen LogP contribution in [0.3, 0.4) is 0 Å². The molecule has 0 radical (unpaired) electrons. The molecule has 4 aromatic rings. The lowest BCUT2D eigenvalue weighted by Gasteiger charge is -2.25. The molecule has 164 valence electrons. The number of rotatable bonds is 7. The van der Waals surface area contributed by atoms with Gasteiger partial charge in [0, 0.05) is 5.56 Å². The summed E-state index contributed by atoms with van der Waals surface area (Å²) in [4.78, 5) is 4.22. The van der Waals surface area contributed by atoms with E-state index in [0.717, 1.165) is 16.4 Å². The lowest BCUT2D eigenvalue weighted by Crippen LogP contribution is -2.31. The molecule has 0 saturated carbocycles. The smallest absolute Gasteiger partial charge is 0.264 e. The van der Waals surface area contributed by atoms with Crippen LogP contribution in [0, 0.1) is 11.6 Å². The van der Waals surface area contributed by atoms with Crippen LogP contribution in [0.15, 0.2) is 88.4 Å². The van der Waals surface area contributed by atoms with E-state index in [-0.39, 0.29) is 23.0 Å². The monoisotopic (exact) mass is 456 g/mol. The fraction of sp³-hybridized carbons (Fsp3) is 0.0870. The quantitative estimate of drug-likeness (QED) is 0.390. The molecule has 0 saturated heterocycles. The fourth-order valence-electron chi connectivity index (χ4n) is 3.15. The van der Waals surface area contributed by atoms with Crippen LogP contribution in [0.5, 0.6) is 5.75 Å². The van der Waals surface area contributed by atoms with Gasteiger partial charge < -0.3 is 9.15 Å². The zero-order valence-corrected chi connectivity index (χ0v) is 17.7. The lowest BCUT2D eigenvalue weighted by atomic mass is 10.2. The molecule has 0 N–H and O–H groups in total. The van der Waals surface area contributed by atoms with Crippen molar-refractivity contribution in [2.45, 2.75) is 11.4 Å². The number of anilines is 1. The van der Waals surface area contributed by atoms with Crippen molar-refractivity contribution in [3.63, 3.8) is 0 Å². The van der Waals surface area contributed by atoms with Crippen molar-refractivity contribution in [1.82, 2.24) is 4.98 Å². The number of sulfonamides is 1. The first-order valence-electron chi connectivity index (χ1n) is 9.50. The third kappa shape index (κ3) is 4.33. The summed E-state index contributed by atoms with van der Waals surface area (Å²) in [6.07, 6.45) is 1.31. The molecule has 9 heteroatoms. The van der Waals surface area contributed by atoms with Crippen molar-refractivity contribution in [3.8, 4) is 17.2 Å². The van der Waals surface area contributed by atoms with Gasteiger partial charge in [0.05, 0.1) is 24.2 Å². The Bertz CT molecular complexity index is 1340. The minimum atomic E-state index is -4.12. The molecule has 0 unspecified atom stereocenters. The van der Waals surface area contributed by atoms with E-state index in [1.54, 1.807) is 30.3 Å². The average molecular weight is 456 g/mol. The number of halogens is 2. The normalized spacial score (nSPS) is 11.3. The number of methoxy groups -OCH3 is 1. The molecule has 4 rings (SSSR count). The Hall–Kier alpha value is -3.72. The molecule has 0 bridgehead atoms.